The smallest absolute Gasteiger partial charge is 0.173 e. The second-order valence-corrected chi connectivity index (χ2v) is 6.76. The van der Waals surface area contributed by atoms with Crippen LogP contribution in [0.2, 0.25) is 0 Å². The molecule has 0 amide bonds. The molecule has 1 N–H and O–H groups in total. The SMILES string of the molecule is CCOc1ccc(NC(=S)N2CCN(CCOc3ccccc3)CC2)cc1. The number of piperazine rings is 1. The van der Waals surface area contributed by atoms with Gasteiger partial charge >= 0.3 is 0 Å². The molecule has 0 bridgehead atoms. The van der Waals surface area contributed by atoms with Crippen LogP contribution in [0.15, 0.2) is 54.6 Å². The molecule has 0 spiro atoms. The first-order valence-electron chi connectivity index (χ1n) is 9.43. The summed E-state index contributed by atoms with van der Waals surface area (Å²) >= 11 is 5.57. The van der Waals surface area contributed by atoms with E-state index in [0.717, 1.165) is 55.0 Å². The molecule has 1 heterocycles. The number of benzene rings is 2. The Morgan fingerprint density at radius 2 is 1.59 bits per heavy atom. The second-order valence-electron chi connectivity index (χ2n) is 6.38. The zero-order valence-electron chi connectivity index (χ0n) is 15.8. The lowest BCUT2D eigenvalue weighted by atomic mass is 10.3. The lowest BCUT2D eigenvalue weighted by Gasteiger charge is -2.36. The molecule has 1 aliphatic heterocycles. The highest BCUT2D eigenvalue weighted by Crippen LogP contribution is 2.16. The van der Waals surface area contributed by atoms with Crippen molar-refractivity contribution in [1.82, 2.24) is 9.80 Å². The van der Waals surface area contributed by atoms with Crippen LogP contribution in [0.3, 0.4) is 0 Å². The Morgan fingerprint density at radius 3 is 2.26 bits per heavy atom. The Labute approximate surface area is 166 Å². The maximum absolute atomic E-state index is 5.79. The molecule has 6 heteroatoms. The molecule has 0 atom stereocenters. The molecule has 0 radical (unpaired) electrons. The van der Waals surface area contributed by atoms with Gasteiger partial charge in [-0.15, -0.1) is 0 Å². The number of rotatable bonds is 7. The Hall–Kier alpha value is -2.31. The number of ether oxygens (including phenoxy) is 2. The first-order valence-corrected chi connectivity index (χ1v) is 9.84. The van der Waals surface area contributed by atoms with Gasteiger partial charge in [0.15, 0.2) is 5.11 Å². The van der Waals surface area contributed by atoms with Crippen molar-refractivity contribution in [2.45, 2.75) is 6.92 Å². The topological polar surface area (TPSA) is 37.0 Å². The summed E-state index contributed by atoms with van der Waals surface area (Å²) in [6.45, 7) is 8.12. The van der Waals surface area contributed by atoms with Crippen LogP contribution in [0.4, 0.5) is 5.69 Å². The summed E-state index contributed by atoms with van der Waals surface area (Å²) in [7, 11) is 0. The van der Waals surface area contributed by atoms with Gasteiger partial charge in [0.05, 0.1) is 6.61 Å². The van der Waals surface area contributed by atoms with Gasteiger partial charge in [0.2, 0.25) is 0 Å². The van der Waals surface area contributed by atoms with Crippen molar-refractivity contribution < 1.29 is 9.47 Å². The van der Waals surface area contributed by atoms with E-state index in [0.29, 0.717) is 13.2 Å². The van der Waals surface area contributed by atoms with Crippen LogP contribution in [-0.4, -0.2) is 60.8 Å². The van der Waals surface area contributed by atoms with Crippen molar-refractivity contribution in [2.24, 2.45) is 0 Å². The van der Waals surface area contributed by atoms with Gasteiger partial charge in [0.1, 0.15) is 18.1 Å². The summed E-state index contributed by atoms with van der Waals surface area (Å²) in [5.41, 5.74) is 0.988. The summed E-state index contributed by atoms with van der Waals surface area (Å²) in [5.74, 6) is 1.80. The number of nitrogens with zero attached hydrogens (tertiary/aromatic N) is 2. The van der Waals surface area contributed by atoms with Crippen LogP contribution < -0.4 is 14.8 Å². The first-order chi connectivity index (χ1) is 13.2. The number of hydrogen-bond donors (Lipinski definition) is 1. The zero-order valence-corrected chi connectivity index (χ0v) is 16.6. The van der Waals surface area contributed by atoms with Gasteiger partial charge in [-0.1, -0.05) is 18.2 Å². The molecule has 5 nitrogen and oxygen atoms in total. The number of anilines is 1. The van der Waals surface area contributed by atoms with E-state index >= 15 is 0 Å². The average molecular weight is 386 g/mol. The third-order valence-electron chi connectivity index (χ3n) is 4.50. The van der Waals surface area contributed by atoms with Crippen LogP contribution in [0, 0.1) is 0 Å². The molecule has 2 aromatic rings. The van der Waals surface area contributed by atoms with Gasteiger partial charge < -0.3 is 19.7 Å². The molecule has 27 heavy (non-hydrogen) atoms. The second kappa shape index (κ2) is 10.1. The maximum Gasteiger partial charge on any atom is 0.173 e. The number of thiocarbonyl (C=S) groups is 1. The quantitative estimate of drug-likeness (QED) is 0.736. The Balaban J connectivity index is 1.37. The van der Waals surface area contributed by atoms with Gasteiger partial charge in [-0.3, -0.25) is 4.90 Å². The van der Waals surface area contributed by atoms with Crippen LogP contribution in [0.25, 0.3) is 0 Å². The van der Waals surface area contributed by atoms with Crippen molar-refractivity contribution in [3.63, 3.8) is 0 Å². The highest BCUT2D eigenvalue weighted by Gasteiger charge is 2.18. The van der Waals surface area contributed by atoms with Gasteiger partial charge in [-0.05, 0) is 55.5 Å². The van der Waals surface area contributed by atoms with E-state index in [-0.39, 0.29) is 0 Å². The molecule has 1 fully saturated rings. The van der Waals surface area contributed by atoms with Crippen molar-refractivity contribution >= 4 is 23.0 Å². The summed E-state index contributed by atoms with van der Waals surface area (Å²) in [6.07, 6.45) is 0. The Morgan fingerprint density at radius 1 is 0.926 bits per heavy atom. The average Bonchev–Trinajstić information content (AvgIpc) is 2.71. The van der Waals surface area contributed by atoms with Crippen LogP contribution in [0.5, 0.6) is 11.5 Å². The van der Waals surface area contributed by atoms with E-state index in [1.54, 1.807) is 0 Å². The predicted molar refractivity (Wildman–Crippen MR) is 114 cm³/mol. The van der Waals surface area contributed by atoms with Gasteiger partial charge in [0.25, 0.3) is 0 Å². The molecule has 0 aliphatic carbocycles. The van der Waals surface area contributed by atoms with Crippen molar-refractivity contribution in [1.29, 1.82) is 0 Å². The molecular formula is C21H27N3O2S. The summed E-state index contributed by atoms with van der Waals surface area (Å²) in [5, 5.41) is 4.10. The molecule has 3 rings (SSSR count). The fourth-order valence-corrected chi connectivity index (χ4v) is 3.29. The minimum absolute atomic E-state index is 0.672. The number of hydrogen-bond acceptors (Lipinski definition) is 4. The van der Waals surface area contributed by atoms with Gasteiger partial charge in [0, 0.05) is 38.4 Å². The zero-order chi connectivity index (χ0) is 18.9. The molecule has 0 aromatic heterocycles. The van der Waals surface area contributed by atoms with Crippen molar-refractivity contribution in [3.05, 3.63) is 54.6 Å². The fraction of sp³-hybridized carbons (Fsp3) is 0.381. The molecule has 0 saturated carbocycles. The van der Waals surface area contributed by atoms with Crippen molar-refractivity contribution in [3.8, 4) is 11.5 Å². The van der Waals surface area contributed by atoms with E-state index < -0.39 is 0 Å². The highest BCUT2D eigenvalue weighted by atomic mass is 32.1. The highest BCUT2D eigenvalue weighted by molar-refractivity contribution is 7.80. The van der Waals surface area contributed by atoms with Crippen LogP contribution in [-0.2, 0) is 0 Å². The molecular weight excluding hydrogens is 358 g/mol. The normalized spacial score (nSPS) is 14.6. The minimum Gasteiger partial charge on any atom is -0.494 e. The van der Waals surface area contributed by atoms with Crippen LogP contribution in [0.1, 0.15) is 6.92 Å². The minimum atomic E-state index is 0.672. The van der Waals surface area contributed by atoms with Crippen molar-refractivity contribution in [2.75, 3.05) is 51.3 Å². The lowest BCUT2D eigenvalue weighted by molar-refractivity contribution is 0.155. The molecule has 144 valence electrons. The maximum atomic E-state index is 5.79. The summed E-state index contributed by atoms with van der Waals surface area (Å²) in [4.78, 5) is 4.64. The van der Waals surface area contributed by atoms with E-state index in [9.17, 15) is 0 Å². The molecule has 1 saturated heterocycles. The third kappa shape index (κ3) is 6.12. The van der Waals surface area contributed by atoms with E-state index in [4.69, 9.17) is 21.7 Å². The Kier molecular flexibility index (Phi) is 7.30. The molecule has 1 aliphatic rings. The largest absolute Gasteiger partial charge is 0.494 e. The van der Waals surface area contributed by atoms with E-state index in [2.05, 4.69) is 15.1 Å². The summed E-state index contributed by atoms with van der Waals surface area (Å²) < 4.78 is 11.3. The monoisotopic (exact) mass is 385 g/mol. The number of nitrogens with one attached hydrogen (secondary N) is 1. The predicted octanol–water partition coefficient (Wildman–Crippen LogP) is 3.48. The molecule has 2 aromatic carbocycles. The standard InChI is InChI=1S/C21H27N3O2S/c1-2-25-20-10-8-18(9-11-20)22-21(27)24-14-12-23(13-15-24)16-17-26-19-6-4-3-5-7-19/h3-11H,2,12-17H2,1H3,(H,22,27). The third-order valence-corrected chi connectivity index (χ3v) is 4.86. The molecule has 0 unspecified atom stereocenters. The van der Waals surface area contributed by atoms with Gasteiger partial charge in [-0.2, -0.15) is 0 Å². The van der Waals surface area contributed by atoms with E-state index in [1.807, 2.05) is 61.5 Å². The summed E-state index contributed by atoms with van der Waals surface area (Å²) in [6, 6.07) is 17.9. The first kappa shape index (κ1) is 19.5. The van der Waals surface area contributed by atoms with Crippen LogP contribution >= 0.6 is 12.2 Å². The van der Waals surface area contributed by atoms with Gasteiger partial charge in [-0.25, -0.2) is 0 Å². The van der Waals surface area contributed by atoms with E-state index in [1.165, 1.54) is 0 Å². The number of para-hydroxylation sites is 1. The Bertz CT molecular complexity index is 701. The lowest BCUT2D eigenvalue weighted by Crippen LogP contribution is -2.50. The fourth-order valence-electron chi connectivity index (χ4n) is 2.99.